The van der Waals surface area contributed by atoms with E-state index in [9.17, 15) is 4.79 Å². The van der Waals surface area contributed by atoms with E-state index in [1.807, 2.05) is 0 Å². The van der Waals surface area contributed by atoms with Gasteiger partial charge in [-0.1, -0.05) is 41.4 Å². The summed E-state index contributed by atoms with van der Waals surface area (Å²) in [7, 11) is 1.56. The van der Waals surface area contributed by atoms with Gasteiger partial charge in [-0.3, -0.25) is 4.79 Å². The first-order valence-corrected chi connectivity index (χ1v) is 8.84. The van der Waals surface area contributed by atoms with E-state index in [2.05, 4.69) is 0 Å². The maximum absolute atomic E-state index is 12.2. The first-order valence-electron chi connectivity index (χ1n) is 8.09. The third kappa shape index (κ3) is 4.94. The van der Waals surface area contributed by atoms with Crippen LogP contribution in [-0.4, -0.2) is 12.9 Å². The fourth-order valence-corrected chi connectivity index (χ4v) is 2.86. The highest BCUT2D eigenvalue weighted by Crippen LogP contribution is 2.33. The molecule has 0 spiro atoms. The largest absolute Gasteiger partial charge is 0.497 e. The molecule has 6 heteroatoms. The van der Waals surface area contributed by atoms with Crippen molar-refractivity contribution < 1.29 is 18.7 Å². The van der Waals surface area contributed by atoms with Gasteiger partial charge in [0, 0.05) is 5.56 Å². The standard InChI is InChI=1S/C21H16Cl2O4/c1-25-16-5-2-4-14(12-16)20(24)11-10-15-8-9-17(27-15)13-26-21-18(22)6-3-7-19(21)23/h2-12H,13H2,1H3/b11-10+. The zero-order valence-corrected chi connectivity index (χ0v) is 16.0. The number of rotatable bonds is 7. The van der Waals surface area contributed by atoms with Gasteiger partial charge in [-0.05, 0) is 48.6 Å². The van der Waals surface area contributed by atoms with E-state index in [1.165, 1.54) is 6.08 Å². The van der Waals surface area contributed by atoms with Gasteiger partial charge < -0.3 is 13.9 Å². The smallest absolute Gasteiger partial charge is 0.186 e. The molecule has 138 valence electrons. The van der Waals surface area contributed by atoms with E-state index in [0.717, 1.165) is 0 Å². The molecule has 0 aliphatic carbocycles. The number of methoxy groups -OCH3 is 1. The van der Waals surface area contributed by atoms with Crippen LogP contribution in [0.4, 0.5) is 0 Å². The number of carbonyl (C=O) groups excluding carboxylic acids is 1. The summed E-state index contributed by atoms with van der Waals surface area (Å²) in [5.41, 5.74) is 0.536. The fourth-order valence-electron chi connectivity index (χ4n) is 2.36. The average Bonchev–Trinajstić information content (AvgIpc) is 3.13. The molecule has 0 atom stereocenters. The molecule has 0 amide bonds. The third-order valence-electron chi connectivity index (χ3n) is 3.71. The number of hydrogen-bond acceptors (Lipinski definition) is 4. The van der Waals surface area contributed by atoms with E-state index in [4.69, 9.17) is 37.1 Å². The van der Waals surface area contributed by atoms with Gasteiger partial charge in [0.15, 0.2) is 11.5 Å². The lowest BCUT2D eigenvalue weighted by Crippen LogP contribution is -1.95. The van der Waals surface area contributed by atoms with Crippen molar-refractivity contribution in [2.75, 3.05) is 7.11 Å². The van der Waals surface area contributed by atoms with Crippen LogP contribution in [0.1, 0.15) is 21.9 Å². The minimum absolute atomic E-state index is 0.147. The van der Waals surface area contributed by atoms with Crippen molar-refractivity contribution in [1.29, 1.82) is 0 Å². The van der Waals surface area contributed by atoms with Crippen LogP contribution in [0, 0.1) is 0 Å². The minimum atomic E-state index is -0.147. The maximum atomic E-state index is 12.2. The van der Waals surface area contributed by atoms with Gasteiger partial charge in [0.2, 0.25) is 0 Å². The van der Waals surface area contributed by atoms with E-state index in [-0.39, 0.29) is 12.4 Å². The summed E-state index contributed by atoms with van der Waals surface area (Å²) >= 11 is 12.1. The number of furan rings is 1. The zero-order chi connectivity index (χ0) is 19.2. The number of benzene rings is 2. The van der Waals surface area contributed by atoms with Gasteiger partial charge >= 0.3 is 0 Å². The molecular formula is C21H16Cl2O4. The van der Waals surface area contributed by atoms with Gasteiger partial charge in [0.25, 0.3) is 0 Å². The van der Waals surface area contributed by atoms with Crippen LogP contribution in [0.25, 0.3) is 6.08 Å². The number of allylic oxidation sites excluding steroid dienone is 1. The van der Waals surface area contributed by atoms with E-state index in [1.54, 1.807) is 67.8 Å². The zero-order valence-electron chi connectivity index (χ0n) is 14.4. The Balaban J connectivity index is 1.63. The molecule has 0 aliphatic heterocycles. The Kier molecular flexibility index (Phi) is 6.22. The molecule has 0 N–H and O–H groups in total. The first kappa shape index (κ1) is 19.1. The lowest BCUT2D eigenvalue weighted by Gasteiger charge is -2.07. The van der Waals surface area contributed by atoms with Crippen LogP contribution >= 0.6 is 23.2 Å². The number of ketones is 1. The van der Waals surface area contributed by atoms with Crippen LogP contribution < -0.4 is 9.47 Å². The molecule has 1 aromatic heterocycles. The van der Waals surface area contributed by atoms with E-state index < -0.39 is 0 Å². The number of ether oxygens (including phenoxy) is 2. The monoisotopic (exact) mass is 402 g/mol. The molecule has 1 heterocycles. The lowest BCUT2D eigenvalue weighted by atomic mass is 10.1. The van der Waals surface area contributed by atoms with Crippen LogP contribution in [0.5, 0.6) is 11.5 Å². The van der Waals surface area contributed by atoms with Crippen LogP contribution in [-0.2, 0) is 6.61 Å². The second-order valence-corrected chi connectivity index (χ2v) is 6.39. The predicted octanol–water partition coefficient (Wildman–Crippen LogP) is 6.07. The summed E-state index contributed by atoms with van der Waals surface area (Å²) in [5.74, 6) is 2.01. The van der Waals surface area contributed by atoms with E-state index >= 15 is 0 Å². The van der Waals surface area contributed by atoms with E-state index in [0.29, 0.717) is 38.6 Å². The quantitative estimate of drug-likeness (QED) is 0.355. The molecule has 3 rings (SSSR count). The summed E-state index contributed by atoms with van der Waals surface area (Å²) in [6.07, 6.45) is 3.05. The van der Waals surface area contributed by atoms with Gasteiger partial charge in [0.05, 0.1) is 17.2 Å². The topological polar surface area (TPSA) is 48.7 Å². The SMILES string of the molecule is COc1cccc(C(=O)/C=C/c2ccc(COc3c(Cl)cccc3Cl)o2)c1. The molecule has 0 aliphatic rings. The van der Waals surface area contributed by atoms with Crippen molar-refractivity contribution in [3.8, 4) is 11.5 Å². The Morgan fingerprint density at radius 3 is 2.56 bits per heavy atom. The normalized spacial score (nSPS) is 10.9. The van der Waals surface area contributed by atoms with Gasteiger partial charge in [-0.2, -0.15) is 0 Å². The number of hydrogen-bond donors (Lipinski definition) is 0. The Morgan fingerprint density at radius 1 is 1.07 bits per heavy atom. The molecule has 27 heavy (non-hydrogen) atoms. The molecule has 0 saturated heterocycles. The van der Waals surface area contributed by atoms with Gasteiger partial charge in [-0.15, -0.1) is 0 Å². The Hall–Kier alpha value is -2.69. The lowest BCUT2D eigenvalue weighted by molar-refractivity contribution is 0.104. The fraction of sp³-hybridized carbons (Fsp3) is 0.0952. The summed E-state index contributed by atoms with van der Waals surface area (Å²) in [5, 5.41) is 0.858. The predicted molar refractivity (Wildman–Crippen MR) is 106 cm³/mol. The molecule has 0 radical (unpaired) electrons. The molecule has 0 bridgehead atoms. The second-order valence-electron chi connectivity index (χ2n) is 5.57. The minimum Gasteiger partial charge on any atom is -0.497 e. The average molecular weight is 403 g/mol. The molecule has 2 aromatic carbocycles. The second kappa shape index (κ2) is 8.80. The Labute approximate surface area is 166 Å². The molecule has 0 unspecified atom stereocenters. The van der Waals surface area contributed by atoms with Crippen molar-refractivity contribution in [2.24, 2.45) is 0 Å². The number of para-hydroxylation sites is 1. The Morgan fingerprint density at radius 2 is 1.81 bits per heavy atom. The Bertz CT molecular complexity index is 956. The van der Waals surface area contributed by atoms with Gasteiger partial charge in [-0.25, -0.2) is 0 Å². The molecular weight excluding hydrogens is 387 g/mol. The molecule has 3 aromatic rings. The summed E-state index contributed by atoms with van der Waals surface area (Å²) in [4.78, 5) is 12.2. The maximum Gasteiger partial charge on any atom is 0.186 e. The van der Waals surface area contributed by atoms with Gasteiger partial charge in [0.1, 0.15) is 23.9 Å². The van der Waals surface area contributed by atoms with Crippen LogP contribution in [0.3, 0.4) is 0 Å². The van der Waals surface area contributed by atoms with Crippen molar-refractivity contribution in [2.45, 2.75) is 6.61 Å². The summed E-state index contributed by atoms with van der Waals surface area (Å²) in [6.45, 7) is 0.168. The number of halogens is 2. The van der Waals surface area contributed by atoms with Crippen molar-refractivity contribution in [3.63, 3.8) is 0 Å². The molecule has 4 nitrogen and oxygen atoms in total. The molecule has 0 fully saturated rings. The highest BCUT2D eigenvalue weighted by atomic mass is 35.5. The third-order valence-corrected chi connectivity index (χ3v) is 4.31. The van der Waals surface area contributed by atoms with Crippen LogP contribution in [0.2, 0.25) is 10.0 Å². The highest BCUT2D eigenvalue weighted by molar-refractivity contribution is 6.37. The first-order chi connectivity index (χ1) is 13.1. The number of carbonyl (C=O) groups is 1. The summed E-state index contributed by atoms with van der Waals surface area (Å²) < 4.78 is 16.4. The summed E-state index contributed by atoms with van der Waals surface area (Å²) in [6, 6.07) is 15.6. The van der Waals surface area contributed by atoms with Crippen molar-refractivity contribution >= 4 is 35.1 Å². The van der Waals surface area contributed by atoms with Crippen LogP contribution in [0.15, 0.2) is 65.1 Å². The molecule has 0 saturated carbocycles. The highest BCUT2D eigenvalue weighted by Gasteiger charge is 2.09. The van der Waals surface area contributed by atoms with Crippen molar-refractivity contribution in [3.05, 3.63) is 87.8 Å². The van der Waals surface area contributed by atoms with Crippen molar-refractivity contribution in [1.82, 2.24) is 0 Å².